The Hall–Kier alpha value is -1.55. The molecule has 2 aromatic rings. The normalized spacial score (nSPS) is 18.0. The highest BCUT2D eigenvalue weighted by atomic mass is 127. The number of carbonyl (C=O) groups is 1. The van der Waals surface area contributed by atoms with Crippen molar-refractivity contribution in [2.45, 2.75) is 51.7 Å². The Morgan fingerprint density at radius 3 is 2.54 bits per heavy atom. The third-order valence-corrected chi connectivity index (χ3v) is 8.25. The lowest BCUT2D eigenvalue weighted by Crippen LogP contribution is -2.41. The van der Waals surface area contributed by atoms with E-state index >= 15 is 0 Å². The van der Waals surface area contributed by atoms with E-state index in [0.717, 1.165) is 40.4 Å². The number of benzene rings is 2. The van der Waals surface area contributed by atoms with Crippen molar-refractivity contribution in [3.63, 3.8) is 0 Å². The third kappa shape index (κ3) is 5.89. The number of ether oxygens (including phenoxy) is 2. The predicted octanol–water partition coefficient (Wildman–Crippen LogP) is 7.31. The van der Waals surface area contributed by atoms with Gasteiger partial charge in [-0.15, -0.1) is 0 Å². The molecule has 5 nitrogen and oxygen atoms in total. The Kier molecular flexibility index (Phi) is 8.84. The minimum atomic E-state index is -0.0303. The fraction of sp³-hybridized carbons (Fsp3) is 0.385. The predicted molar refractivity (Wildman–Crippen MR) is 153 cm³/mol. The number of thiocarbonyl (C=S) groups is 1. The number of nitrogens with zero attached hydrogens (tertiary/aromatic N) is 2. The van der Waals surface area contributed by atoms with Crippen LogP contribution in [-0.2, 0) is 11.4 Å². The maximum absolute atomic E-state index is 13.4. The fourth-order valence-corrected chi connectivity index (χ4v) is 5.89. The van der Waals surface area contributed by atoms with Crippen molar-refractivity contribution in [3.8, 4) is 11.5 Å². The van der Waals surface area contributed by atoms with Crippen molar-refractivity contribution in [1.82, 2.24) is 9.80 Å². The molecule has 1 aliphatic carbocycles. The molecule has 2 aliphatic rings. The molecule has 2 aromatic carbocycles. The number of carbonyl (C=O) groups excluding carboxylic acids is 1. The first-order valence-electron chi connectivity index (χ1n) is 11.7. The van der Waals surface area contributed by atoms with Crippen molar-refractivity contribution >= 4 is 75.1 Å². The van der Waals surface area contributed by atoms with Gasteiger partial charge in [0.25, 0.3) is 5.91 Å². The second kappa shape index (κ2) is 11.7. The summed E-state index contributed by atoms with van der Waals surface area (Å²) in [7, 11) is 1.86. The molecule has 1 heterocycles. The van der Waals surface area contributed by atoms with Gasteiger partial charge in [0.1, 0.15) is 12.3 Å². The second-order valence-corrected chi connectivity index (χ2v) is 11.0. The maximum Gasteiger partial charge on any atom is 0.277 e. The van der Waals surface area contributed by atoms with E-state index < -0.39 is 0 Å². The summed E-state index contributed by atoms with van der Waals surface area (Å²) in [6.07, 6.45) is 7.39. The van der Waals surface area contributed by atoms with Crippen LogP contribution in [0.25, 0.3) is 6.08 Å². The lowest BCUT2D eigenvalue weighted by molar-refractivity contribution is -0.124. The van der Waals surface area contributed by atoms with Crippen LogP contribution in [0, 0.1) is 3.57 Å². The molecule has 0 aromatic heterocycles. The summed E-state index contributed by atoms with van der Waals surface area (Å²) in [5.74, 6) is 1.23. The summed E-state index contributed by atoms with van der Waals surface area (Å²) in [5.41, 5.74) is 2.32. The van der Waals surface area contributed by atoms with E-state index in [1.807, 2.05) is 48.0 Å². The van der Waals surface area contributed by atoms with Crippen LogP contribution in [-0.4, -0.2) is 40.5 Å². The molecule has 9 heteroatoms. The minimum Gasteiger partial charge on any atom is -0.490 e. The SMILES string of the molecule is CCOc1cc(/C=C2/C(=O)N(C3CCCCC3)C(=S)N2C)cc(I)c1OCc1ccc(Cl)c(Cl)c1. The summed E-state index contributed by atoms with van der Waals surface area (Å²) in [6, 6.07) is 9.49. The lowest BCUT2D eigenvalue weighted by Gasteiger charge is -2.30. The number of hydrogen-bond donors (Lipinski definition) is 0. The molecule has 2 fully saturated rings. The number of hydrogen-bond acceptors (Lipinski definition) is 4. The van der Waals surface area contributed by atoms with Crippen LogP contribution in [0.15, 0.2) is 36.0 Å². The van der Waals surface area contributed by atoms with Crippen LogP contribution in [0.5, 0.6) is 11.5 Å². The highest BCUT2D eigenvalue weighted by Gasteiger charge is 2.40. The Morgan fingerprint density at radius 1 is 1.11 bits per heavy atom. The Morgan fingerprint density at radius 2 is 1.86 bits per heavy atom. The fourth-order valence-electron chi connectivity index (χ4n) is 4.46. The second-order valence-electron chi connectivity index (χ2n) is 8.64. The van der Waals surface area contributed by atoms with E-state index in [2.05, 4.69) is 22.6 Å². The number of halogens is 3. The Labute approximate surface area is 235 Å². The first kappa shape index (κ1) is 26.5. The summed E-state index contributed by atoms with van der Waals surface area (Å²) in [6.45, 7) is 2.73. The lowest BCUT2D eigenvalue weighted by atomic mass is 9.94. The maximum atomic E-state index is 13.4. The van der Waals surface area contributed by atoms with Gasteiger partial charge < -0.3 is 14.4 Å². The van der Waals surface area contributed by atoms with E-state index in [9.17, 15) is 4.79 Å². The van der Waals surface area contributed by atoms with Crippen LogP contribution in [0.4, 0.5) is 0 Å². The zero-order valence-corrected chi connectivity index (χ0v) is 24.1. The van der Waals surface area contributed by atoms with Crippen LogP contribution < -0.4 is 9.47 Å². The first-order valence-corrected chi connectivity index (χ1v) is 13.9. The van der Waals surface area contributed by atoms with Gasteiger partial charge in [-0.05, 0) is 96.0 Å². The number of likely N-dealkylation sites (N-methyl/N-ethyl adjacent to an activating group) is 1. The minimum absolute atomic E-state index is 0.0303. The van der Waals surface area contributed by atoms with Gasteiger partial charge in [0.15, 0.2) is 16.6 Å². The van der Waals surface area contributed by atoms with Gasteiger partial charge >= 0.3 is 0 Å². The molecule has 1 amide bonds. The summed E-state index contributed by atoms with van der Waals surface area (Å²) >= 11 is 20.0. The molecular weight excluding hydrogens is 618 g/mol. The van der Waals surface area contributed by atoms with Crippen molar-refractivity contribution in [3.05, 3.63) is 60.8 Å². The molecule has 1 saturated carbocycles. The van der Waals surface area contributed by atoms with Gasteiger partial charge in [0.2, 0.25) is 0 Å². The molecule has 1 saturated heterocycles. The zero-order valence-electron chi connectivity index (χ0n) is 19.7. The number of rotatable bonds is 7. The third-order valence-electron chi connectivity index (χ3n) is 6.23. The zero-order chi connectivity index (χ0) is 25.1. The highest BCUT2D eigenvalue weighted by Crippen LogP contribution is 2.37. The van der Waals surface area contributed by atoms with E-state index in [1.54, 1.807) is 12.1 Å². The molecule has 4 rings (SSSR count). The molecule has 0 radical (unpaired) electrons. The van der Waals surface area contributed by atoms with Crippen molar-refractivity contribution < 1.29 is 14.3 Å². The molecule has 186 valence electrons. The largest absolute Gasteiger partial charge is 0.490 e. The van der Waals surface area contributed by atoms with E-state index in [1.165, 1.54) is 6.42 Å². The summed E-state index contributed by atoms with van der Waals surface area (Å²) < 4.78 is 12.9. The highest BCUT2D eigenvalue weighted by molar-refractivity contribution is 14.1. The Bertz CT molecular complexity index is 1170. The molecule has 0 unspecified atom stereocenters. The van der Waals surface area contributed by atoms with Gasteiger partial charge in [-0.2, -0.15) is 0 Å². The molecule has 0 atom stereocenters. The topological polar surface area (TPSA) is 42.0 Å². The van der Waals surface area contributed by atoms with E-state index in [4.69, 9.17) is 44.9 Å². The molecule has 0 spiro atoms. The molecule has 1 aliphatic heterocycles. The van der Waals surface area contributed by atoms with Gasteiger partial charge in [0, 0.05) is 13.1 Å². The summed E-state index contributed by atoms with van der Waals surface area (Å²) in [5, 5.41) is 1.57. The average Bonchev–Trinajstić information content (AvgIpc) is 3.04. The average molecular weight is 645 g/mol. The van der Waals surface area contributed by atoms with Crippen LogP contribution >= 0.6 is 58.0 Å². The first-order chi connectivity index (χ1) is 16.8. The quantitative estimate of drug-likeness (QED) is 0.180. The smallest absolute Gasteiger partial charge is 0.277 e. The molecular formula is C26H27Cl2IN2O3S. The Balaban J connectivity index is 1.59. The van der Waals surface area contributed by atoms with Crippen LogP contribution in [0.2, 0.25) is 10.0 Å². The monoisotopic (exact) mass is 644 g/mol. The van der Waals surface area contributed by atoms with Crippen LogP contribution in [0.3, 0.4) is 0 Å². The molecule has 0 bridgehead atoms. The van der Waals surface area contributed by atoms with Gasteiger partial charge in [-0.3, -0.25) is 9.69 Å². The molecule has 0 N–H and O–H groups in total. The van der Waals surface area contributed by atoms with Crippen molar-refractivity contribution in [1.29, 1.82) is 0 Å². The summed E-state index contributed by atoms with van der Waals surface area (Å²) in [4.78, 5) is 17.0. The molecule has 35 heavy (non-hydrogen) atoms. The van der Waals surface area contributed by atoms with E-state index in [0.29, 0.717) is 45.6 Å². The van der Waals surface area contributed by atoms with Gasteiger partial charge in [-0.1, -0.05) is 48.5 Å². The van der Waals surface area contributed by atoms with Gasteiger partial charge in [-0.25, -0.2) is 0 Å². The standard InChI is InChI=1S/C26H27Cl2IN2O3S/c1-3-33-23-14-17(12-21(29)24(23)34-15-16-9-10-19(27)20(28)11-16)13-22-25(32)31(26(35)30(22)2)18-7-5-4-6-8-18/h9-14,18H,3-8,15H2,1-2H3/b22-13-. The van der Waals surface area contributed by atoms with E-state index in [-0.39, 0.29) is 11.9 Å². The van der Waals surface area contributed by atoms with Crippen molar-refractivity contribution in [2.75, 3.05) is 13.7 Å². The number of amides is 1. The van der Waals surface area contributed by atoms with Gasteiger partial charge in [0.05, 0.1) is 20.2 Å². The van der Waals surface area contributed by atoms with Crippen LogP contribution in [0.1, 0.15) is 50.2 Å². The van der Waals surface area contributed by atoms with Crippen molar-refractivity contribution in [2.24, 2.45) is 0 Å².